The number of rotatable bonds is 6. The zero-order valence-corrected chi connectivity index (χ0v) is 12.2. The smallest absolute Gasteiger partial charge is 0.326 e. The fraction of sp³-hybridized carbons (Fsp3) is 0.462. The number of hydrogen-bond donors (Lipinski definition) is 1. The predicted molar refractivity (Wildman–Crippen MR) is 72.1 cm³/mol. The van der Waals surface area contributed by atoms with Crippen molar-refractivity contribution in [1.82, 2.24) is 4.72 Å². The predicted octanol–water partition coefficient (Wildman–Crippen LogP) is 1.70. The van der Waals surface area contributed by atoms with Crippen LogP contribution in [0.2, 0.25) is 0 Å². The number of sulfonamides is 1. The van der Waals surface area contributed by atoms with Crippen molar-refractivity contribution in [3.8, 4) is 0 Å². The Labute approximate surface area is 114 Å². The van der Waals surface area contributed by atoms with Crippen LogP contribution in [0, 0.1) is 0 Å². The maximum absolute atomic E-state index is 12.2. The van der Waals surface area contributed by atoms with Gasteiger partial charge in [0.15, 0.2) is 0 Å². The van der Waals surface area contributed by atoms with E-state index in [1.165, 1.54) is 26.2 Å². The van der Waals surface area contributed by atoms with E-state index >= 15 is 0 Å². The van der Waals surface area contributed by atoms with Gasteiger partial charge in [0.25, 0.3) is 0 Å². The number of nitrogens with one attached hydrogen (secondary N) is 1. The molecule has 0 aliphatic rings. The van der Waals surface area contributed by atoms with Gasteiger partial charge >= 0.3 is 5.97 Å². The monoisotopic (exact) mass is 285 g/mol. The van der Waals surface area contributed by atoms with Gasteiger partial charge in [-0.05, 0) is 25.5 Å². The first kappa shape index (κ1) is 15.7. The standard InChI is InChI=1S/C13H19NO4S/c1-4-10-13(2,12(15)18-3)14-19(16,17)11-8-6-5-7-9-11/h5-9,14H,4,10H2,1-3H3. The molecule has 5 nitrogen and oxygen atoms in total. The number of ether oxygens (including phenoxy) is 1. The fourth-order valence-corrected chi connectivity index (χ4v) is 3.29. The Hall–Kier alpha value is -1.40. The number of carbonyl (C=O) groups is 1. The quantitative estimate of drug-likeness (QED) is 0.807. The average Bonchev–Trinajstić information content (AvgIpc) is 2.38. The van der Waals surface area contributed by atoms with Crippen LogP contribution in [-0.2, 0) is 19.6 Å². The van der Waals surface area contributed by atoms with E-state index in [0.717, 1.165) is 0 Å². The average molecular weight is 285 g/mol. The lowest BCUT2D eigenvalue weighted by Crippen LogP contribution is -2.52. The van der Waals surface area contributed by atoms with Crippen molar-refractivity contribution in [1.29, 1.82) is 0 Å². The molecule has 0 radical (unpaired) electrons. The first-order valence-electron chi connectivity index (χ1n) is 6.03. The van der Waals surface area contributed by atoms with Gasteiger partial charge in [-0.1, -0.05) is 31.5 Å². The molecule has 19 heavy (non-hydrogen) atoms. The van der Waals surface area contributed by atoms with E-state index < -0.39 is 21.5 Å². The molecule has 0 aliphatic carbocycles. The first-order chi connectivity index (χ1) is 8.85. The molecule has 0 saturated heterocycles. The van der Waals surface area contributed by atoms with E-state index in [2.05, 4.69) is 9.46 Å². The summed E-state index contributed by atoms with van der Waals surface area (Å²) in [5.41, 5.74) is -1.25. The summed E-state index contributed by atoms with van der Waals surface area (Å²) in [6.07, 6.45) is 1.02. The molecule has 106 valence electrons. The van der Waals surface area contributed by atoms with Crippen LogP contribution >= 0.6 is 0 Å². The summed E-state index contributed by atoms with van der Waals surface area (Å²) < 4.78 is 31.6. The molecule has 1 rings (SSSR count). The molecular weight excluding hydrogens is 266 g/mol. The van der Waals surface area contributed by atoms with Crippen LogP contribution in [0.1, 0.15) is 26.7 Å². The lowest BCUT2D eigenvalue weighted by atomic mass is 9.98. The van der Waals surface area contributed by atoms with E-state index in [1.54, 1.807) is 18.2 Å². The fourth-order valence-electron chi connectivity index (χ4n) is 1.88. The van der Waals surface area contributed by atoms with Crippen LogP contribution in [0.3, 0.4) is 0 Å². The molecule has 0 saturated carbocycles. The molecule has 0 amide bonds. The van der Waals surface area contributed by atoms with Crippen molar-refractivity contribution in [2.24, 2.45) is 0 Å². The highest BCUT2D eigenvalue weighted by Crippen LogP contribution is 2.19. The Morgan fingerprint density at radius 3 is 2.37 bits per heavy atom. The maximum Gasteiger partial charge on any atom is 0.326 e. The first-order valence-corrected chi connectivity index (χ1v) is 7.51. The summed E-state index contributed by atoms with van der Waals surface area (Å²) in [4.78, 5) is 11.9. The van der Waals surface area contributed by atoms with Crippen molar-refractivity contribution in [2.75, 3.05) is 7.11 Å². The van der Waals surface area contributed by atoms with Crippen molar-refractivity contribution >= 4 is 16.0 Å². The normalized spacial score (nSPS) is 14.7. The Balaban J connectivity index is 3.06. The van der Waals surface area contributed by atoms with E-state index in [4.69, 9.17) is 0 Å². The number of benzene rings is 1. The number of hydrogen-bond acceptors (Lipinski definition) is 4. The van der Waals surface area contributed by atoms with E-state index in [-0.39, 0.29) is 4.90 Å². The van der Waals surface area contributed by atoms with Crippen LogP contribution in [0.15, 0.2) is 35.2 Å². The molecule has 1 atom stereocenters. The van der Waals surface area contributed by atoms with Crippen molar-refractivity contribution < 1.29 is 17.9 Å². The molecule has 1 aromatic carbocycles. The zero-order valence-electron chi connectivity index (χ0n) is 11.3. The minimum Gasteiger partial charge on any atom is -0.468 e. The lowest BCUT2D eigenvalue weighted by molar-refractivity contribution is -0.147. The van der Waals surface area contributed by atoms with Crippen molar-refractivity contribution in [3.05, 3.63) is 30.3 Å². The van der Waals surface area contributed by atoms with Gasteiger partial charge in [-0.2, -0.15) is 4.72 Å². The van der Waals surface area contributed by atoms with E-state index in [9.17, 15) is 13.2 Å². The second-order valence-electron chi connectivity index (χ2n) is 4.49. The topological polar surface area (TPSA) is 72.5 Å². The molecule has 1 aromatic rings. The molecule has 0 aliphatic heterocycles. The Bertz CT molecular complexity index is 527. The minimum atomic E-state index is -3.75. The van der Waals surface area contributed by atoms with Gasteiger partial charge in [0.05, 0.1) is 12.0 Å². The van der Waals surface area contributed by atoms with Gasteiger partial charge in [-0.25, -0.2) is 8.42 Å². The second kappa shape index (κ2) is 6.16. The molecule has 0 fully saturated rings. The summed E-state index contributed by atoms with van der Waals surface area (Å²) in [5, 5.41) is 0. The van der Waals surface area contributed by atoms with Gasteiger partial charge < -0.3 is 4.74 Å². The van der Waals surface area contributed by atoms with Crippen LogP contribution in [-0.4, -0.2) is 27.0 Å². The highest BCUT2D eigenvalue weighted by atomic mass is 32.2. The summed E-state index contributed by atoms with van der Waals surface area (Å²) in [6, 6.07) is 7.94. The Kier molecular flexibility index (Phi) is 5.08. The van der Waals surface area contributed by atoms with Gasteiger partial charge in [-0.3, -0.25) is 4.79 Å². The second-order valence-corrected chi connectivity index (χ2v) is 6.17. The van der Waals surface area contributed by atoms with Crippen LogP contribution < -0.4 is 4.72 Å². The summed E-state index contributed by atoms with van der Waals surface area (Å²) in [5.74, 6) is -0.589. The van der Waals surface area contributed by atoms with Crippen molar-refractivity contribution in [3.63, 3.8) is 0 Å². The summed E-state index contributed by atoms with van der Waals surface area (Å²) in [7, 11) is -2.50. The van der Waals surface area contributed by atoms with Gasteiger partial charge in [0.1, 0.15) is 5.54 Å². The van der Waals surface area contributed by atoms with Crippen LogP contribution in [0.4, 0.5) is 0 Å². The molecular formula is C13H19NO4S. The molecule has 1 N–H and O–H groups in total. The molecule has 1 unspecified atom stereocenters. The molecule has 0 aromatic heterocycles. The van der Waals surface area contributed by atoms with Gasteiger partial charge in [-0.15, -0.1) is 0 Å². The van der Waals surface area contributed by atoms with Crippen LogP contribution in [0.5, 0.6) is 0 Å². The highest BCUT2D eigenvalue weighted by Gasteiger charge is 2.38. The lowest BCUT2D eigenvalue weighted by Gasteiger charge is -2.27. The molecule has 0 bridgehead atoms. The number of esters is 1. The largest absolute Gasteiger partial charge is 0.468 e. The summed E-state index contributed by atoms with van der Waals surface area (Å²) >= 11 is 0. The number of carbonyl (C=O) groups excluding carboxylic acids is 1. The minimum absolute atomic E-state index is 0.126. The maximum atomic E-state index is 12.2. The van der Waals surface area contributed by atoms with Gasteiger partial charge in [0.2, 0.25) is 10.0 Å². The molecule has 0 spiro atoms. The third kappa shape index (κ3) is 3.78. The Morgan fingerprint density at radius 1 is 1.32 bits per heavy atom. The van der Waals surface area contributed by atoms with Crippen LogP contribution in [0.25, 0.3) is 0 Å². The molecule has 6 heteroatoms. The summed E-state index contributed by atoms with van der Waals surface area (Å²) in [6.45, 7) is 3.40. The third-order valence-corrected chi connectivity index (χ3v) is 4.41. The number of methoxy groups -OCH3 is 1. The van der Waals surface area contributed by atoms with Crippen molar-refractivity contribution in [2.45, 2.75) is 37.1 Å². The third-order valence-electron chi connectivity index (χ3n) is 2.80. The highest BCUT2D eigenvalue weighted by molar-refractivity contribution is 7.89. The van der Waals surface area contributed by atoms with Gasteiger partial charge in [0, 0.05) is 0 Å². The zero-order chi connectivity index (χ0) is 14.5. The SMILES string of the molecule is CCCC(C)(NS(=O)(=O)c1ccccc1)C(=O)OC. The molecule has 0 heterocycles. The van der Waals surface area contributed by atoms with E-state index in [1.807, 2.05) is 6.92 Å². The van der Waals surface area contributed by atoms with E-state index in [0.29, 0.717) is 12.8 Å². The Morgan fingerprint density at radius 2 is 1.89 bits per heavy atom.